The number of amides is 4. The van der Waals surface area contributed by atoms with Crippen LogP contribution in [0.15, 0.2) is 53.4 Å². The van der Waals surface area contributed by atoms with Crippen LogP contribution in [0.3, 0.4) is 0 Å². The van der Waals surface area contributed by atoms with Gasteiger partial charge in [-0.05, 0) is 55.7 Å². The summed E-state index contributed by atoms with van der Waals surface area (Å²) >= 11 is 0. The summed E-state index contributed by atoms with van der Waals surface area (Å²) in [6.45, 7) is 2.64. The summed E-state index contributed by atoms with van der Waals surface area (Å²) in [5.41, 5.74) is -0.985. The standard InChI is InChI=1S/C23H24F3N3O6S/c1-22(2)19(30)29(20(31)28-22)13-17(27-21(32)33)11-12-36(34,35)18-9-5-15(6-10-18)14-3-7-16(8-4-14)23(24,25)26/h3-10,17,27H,11-13H2,1-2H3,(H,28,31)(H,32,33). The van der Waals surface area contributed by atoms with E-state index in [1.807, 2.05) is 0 Å². The highest BCUT2D eigenvalue weighted by atomic mass is 32.2. The molecule has 0 radical (unpaired) electrons. The van der Waals surface area contributed by atoms with Crippen molar-refractivity contribution < 1.29 is 41.1 Å². The third-order valence-corrected chi connectivity index (χ3v) is 7.43. The van der Waals surface area contributed by atoms with E-state index in [0.29, 0.717) is 11.1 Å². The predicted molar refractivity (Wildman–Crippen MR) is 123 cm³/mol. The molecular formula is C23H24F3N3O6S. The number of carboxylic acid groups (broad SMARTS) is 1. The molecule has 1 atom stereocenters. The predicted octanol–water partition coefficient (Wildman–Crippen LogP) is 3.50. The topological polar surface area (TPSA) is 133 Å². The monoisotopic (exact) mass is 527 g/mol. The van der Waals surface area contributed by atoms with Crippen LogP contribution in [0.25, 0.3) is 11.1 Å². The largest absolute Gasteiger partial charge is 0.465 e. The van der Waals surface area contributed by atoms with Crippen LogP contribution in [-0.4, -0.2) is 60.3 Å². The molecule has 36 heavy (non-hydrogen) atoms. The molecule has 0 aromatic heterocycles. The fourth-order valence-electron chi connectivity index (χ4n) is 3.71. The van der Waals surface area contributed by atoms with Gasteiger partial charge >= 0.3 is 18.3 Å². The normalized spacial score (nSPS) is 16.5. The van der Waals surface area contributed by atoms with Gasteiger partial charge in [0, 0.05) is 0 Å². The second-order valence-corrected chi connectivity index (χ2v) is 10.9. The SMILES string of the molecule is CC1(C)NC(=O)N(CC(CCS(=O)(=O)c2ccc(-c3ccc(C(F)(F)F)cc3)cc2)NC(=O)O)C1=O. The van der Waals surface area contributed by atoms with Crippen molar-refractivity contribution in [2.24, 2.45) is 0 Å². The van der Waals surface area contributed by atoms with Gasteiger partial charge in [-0.15, -0.1) is 0 Å². The zero-order valence-electron chi connectivity index (χ0n) is 19.3. The van der Waals surface area contributed by atoms with E-state index in [0.717, 1.165) is 17.0 Å². The van der Waals surface area contributed by atoms with Crippen molar-refractivity contribution >= 4 is 27.9 Å². The molecular weight excluding hydrogens is 503 g/mol. The van der Waals surface area contributed by atoms with Crippen LogP contribution in [0.1, 0.15) is 25.8 Å². The molecule has 0 bridgehead atoms. The van der Waals surface area contributed by atoms with Crippen LogP contribution in [0.2, 0.25) is 0 Å². The number of carbonyl (C=O) groups is 3. The van der Waals surface area contributed by atoms with Gasteiger partial charge in [-0.1, -0.05) is 24.3 Å². The molecule has 2 aromatic carbocycles. The van der Waals surface area contributed by atoms with E-state index in [-0.39, 0.29) is 17.9 Å². The quantitative estimate of drug-likeness (QED) is 0.450. The molecule has 1 aliphatic rings. The summed E-state index contributed by atoms with van der Waals surface area (Å²) in [5, 5.41) is 13.7. The lowest BCUT2D eigenvalue weighted by Crippen LogP contribution is -2.47. The molecule has 2 aromatic rings. The second-order valence-electron chi connectivity index (χ2n) is 8.82. The Morgan fingerprint density at radius 2 is 1.58 bits per heavy atom. The zero-order valence-corrected chi connectivity index (χ0v) is 20.1. The van der Waals surface area contributed by atoms with Gasteiger partial charge in [0.2, 0.25) is 0 Å². The van der Waals surface area contributed by atoms with Gasteiger partial charge < -0.3 is 15.7 Å². The average Bonchev–Trinajstić information content (AvgIpc) is 2.98. The summed E-state index contributed by atoms with van der Waals surface area (Å²) in [7, 11) is -3.89. The molecule has 1 heterocycles. The minimum atomic E-state index is -4.47. The Morgan fingerprint density at radius 3 is 2.03 bits per heavy atom. The van der Waals surface area contributed by atoms with Crippen molar-refractivity contribution in [3.05, 3.63) is 54.1 Å². The lowest BCUT2D eigenvalue weighted by atomic mass is 10.0. The molecule has 0 spiro atoms. The fourth-order valence-corrected chi connectivity index (χ4v) is 5.09. The van der Waals surface area contributed by atoms with E-state index < -0.39 is 56.9 Å². The van der Waals surface area contributed by atoms with Crippen molar-refractivity contribution in [3.63, 3.8) is 0 Å². The van der Waals surface area contributed by atoms with Gasteiger partial charge in [0.05, 0.1) is 28.8 Å². The molecule has 1 unspecified atom stereocenters. The number of halogens is 3. The van der Waals surface area contributed by atoms with E-state index in [1.165, 1.54) is 50.2 Å². The number of urea groups is 1. The van der Waals surface area contributed by atoms with E-state index in [1.54, 1.807) is 0 Å². The Morgan fingerprint density at radius 1 is 1.06 bits per heavy atom. The number of rotatable bonds is 8. The van der Waals surface area contributed by atoms with E-state index >= 15 is 0 Å². The third-order valence-electron chi connectivity index (χ3n) is 5.67. The molecule has 9 nitrogen and oxygen atoms in total. The summed E-state index contributed by atoms with van der Waals surface area (Å²) in [4.78, 5) is 36.5. The van der Waals surface area contributed by atoms with Crippen LogP contribution in [-0.2, 0) is 20.8 Å². The highest BCUT2D eigenvalue weighted by molar-refractivity contribution is 7.91. The van der Waals surface area contributed by atoms with Crippen LogP contribution in [0, 0.1) is 0 Å². The number of sulfone groups is 1. The molecule has 3 N–H and O–H groups in total. The van der Waals surface area contributed by atoms with Gasteiger partial charge in [-0.25, -0.2) is 18.0 Å². The molecule has 194 valence electrons. The number of imide groups is 1. The van der Waals surface area contributed by atoms with Crippen molar-refractivity contribution in [2.45, 2.75) is 42.9 Å². The van der Waals surface area contributed by atoms with E-state index in [4.69, 9.17) is 5.11 Å². The van der Waals surface area contributed by atoms with Gasteiger partial charge in [0.15, 0.2) is 9.84 Å². The first-order chi connectivity index (χ1) is 16.6. The molecule has 1 saturated heterocycles. The fraction of sp³-hybridized carbons (Fsp3) is 0.348. The number of hydrogen-bond acceptors (Lipinski definition) is 5. The summed E-state index contributed by atoms with van der Waals surface area (Å²) in [6, 6.07) is 8.22. The minimum Gasteiger partial charge on any atom is -0.465 e. The number of hydrogen-bond donors (Lipinski definition) is 3. The number of nitrogens with one attached hydrogen (secondary N) is 2. The summed E-state index contributed by atoms with van der Waals surface area (Å²) < 4.78 is 63.9. The number of alkyl halides is 3. The Kier molecular flexibility index (Phi) is 7.35. The summed E-state index contributed by atoms with van der Waals surface area (Å²) in [5.74, 6) is -1.05. The zero-order chi connectivity index (χ0) is 26.9. The van der Waals surface area contributed by atoms with Crippen LogP contribution in [0.4, 0.5) is 22.8 Å². The maximum absolute atomic E-state index is 12.8. The molecule has 0 saturated carbocycles. The van der Waals surface area contributed by atoms with Crippen molar-refractivity contribution in [1.82, 2.24) is 15.5 Å². The molecule has 3 rings (SSSR count). The highest BCUT2D eigenvalue weighted by Crippen LogP contribution is 2.31. The summed E-state index contributed by atoms with van der Waals surface area (Å²) in [6.07, 6.45) is -6.12. The Labute approximate surface area is 205 Å². The van der Waals surface area contributed by atoms with E-state index in [9.17, 15) is 36.0 Å². The molecule has 13 heteroatoms. The first-order valence-corrected chi connectivity index (χ1v) is 12.4. The number of benzene rings is 2. The van der Waals surface area contributed by atoms with Crippen molar-refractivity contribution in [1.29, 1.82) is 0 Å². The smallest absolute Gasteiger partial charge is 0.416 e. The maximum atomic E-state index is 12.8. The van der Waals surface area contributed by atoms with E-state index in [2.05, 4.69) is 10.6 Å². The Hall–Kier alpha value is -3.61. The van der Waals surface area contributed by atoms with Gasteiger partial charge in [0.1, 0.15) is 5.54 Å². The first kappa shape index (κ1) is 27.0. The second kappa shape index (κ2) is 9.80. The highest BCUT2D eigenvalue weighted by Gasteiger charge is 2.45. The lowest BCUT2D eigenvalue weighted by molar-refractivity contribution is -0.137. The van der Waals surface area contributed by atoms with Crippen molar-refractivity contribution in [3.8, 4) is 11.1 Å². The van der Waals surface area contributed by atoms with Gasteiger partial charge in [-0.3, -0.25) is 9.69 Å². The van der Waals surface area contributed by atoms with Crippen molar-refractivity contribution in [2.75, 3.05) is 12.3 Å². The maximum Gasteiger partial charge on any atom is 0.416 e. The molecule has 1 aliphatic heterocycles. The van der Waals surface area contributed by atoms with Gasteiger partial charge in [0.25, 0.3) is 5.91 Å². The molecule has 0 aliphatic carbocycles. The average molecular weight is 528 g/mol. The molecule has 1 fully saturated rings. The minimum absolute atomic E-state index is 0.0663. The lowest BCUT2D eigenvalue weighted by Gasteiger charge is -2.22. The Balaban J connectivity index is 1.70. The van der Waals surface area contributed by atoms with Crippen LogP contribution >= 0.6 is 0 Å². The van der Waals surface area contributed by atoms with Crippen LogP contribution in [0.5, 0.6) is 0 Å². The number of nitrogens with zero attached hydrogens (tertiary/aromatic N) is 1. The first-order valence-electron chi connectivity index (χ1n) is 10.7. The van der Waals surface area contributed by atoms with Gasteiger partial charge in [-0.2, -0.15) is 13.2 Å². The third kappa shape index (κ3) is 6.14. The number of carbonyl (C=O) groups excluding carboxylic acids is 2. The Bertz CT molecular complexity index is 1260. The van der Waals surface area contributed by atoms with Crippen LogP contribution < -0.4 is 10.6 Å². The molecule has 4 amide bonds.